The molecule has 2 atom stereocenters. The fourth-order valence-electron chi connectivity index (χ4n) is 3.38. The lowest BCUT2D eigenvalue weighted by Crippen LogP contribution is -2.40. The molecule has 2 heterocycles. The fourth-order valence-corrected chi connectivity index (χ4v) is 5.92. The summed E-state index contributed by atoms with van der Waals surface area (Å²) >= 11 is 1.37. The molecule has 1 aromatic carbocycles. The van der Waals surface area contributed by atoms with Crippen LogP contribution in [0.15, 0.2) is 35.5 Å². The summed E-state index contributed by atoms with van der Waals surface area (Å²) in [5, 5.41) is 12.0. The summed E-state index contributed by atoms with van der Waals surface area (Å²) in [5.41, 5.74) is 1.17. The average molecular weight is 421 g/mol. The number of sulfone groups is 1. The van der Waals surface area contributed by atoms with Gasteiger partial charge in [0.2, 0.25) is 5.91 Å². The molecule has 2 aromatic rings. The third-order valence-electron chi connectivity index (χ3n) is 5.10. The summed E-state index contributed by atoms with van der Waals surface area (Å²) in [6.07, 6.45) is 2.75. The molecule has 1 saturated heterocycles. The molecule has 0 unspecified atom stereocenters. The van der Waals surface area contributed by atoms with E-state index >= 15 is 0 Å². The van der Waals surface area contributed by atoms with Gasteiger partial charge >= 0.3 is 0 Å². The predicted molar refractivity (Wildman–Crippen MR) is 108 cm³/mol. The third-order valence-corrected chi connectivity index (χ3v) is 7.95. The molecule has 0 bridgehead atoms. The normalized spacial score (nSPS) is 22.1. The van der Waals surface area contributed by atoms with Crippen molar-refractivity contribution in [2.75, 3.05) is 11.5 Å². The van der Waals surface area contributed by atoms with E-state index in [0.29, 0.717) is 18.9 Å². The summed E-state index contributed by atoms with van der Waals surface area (Å²) in [7, 11) is -3.01. The van der Waals surface area contributed by atoms with E-state index in [1.165, 1.54) is 17.3 Å². The van der Waals surface area contributed by atoms with Crippen LogP contribution in [0.1, 0.15) is 43.5 Å². The molecule has 4 rings (SSSR count). The summed E-state index contributed by atoms with van der Waals surface area (Å²) in [6.45, 7) is 2.50. The van der Waals surface area contributed by atoms with Crippen molar-refractivity contribution in [2.24, 2.45) is 0 Å². The zero-order chi connectivity index (χ0) is 19.7. The van der Waals surface area contributed by atoms with Crippen molar-refractivity contribution in [3.8, 4) is 0 Å². The molecule has 2 aliphatic rings. The molecular weight excluding hydrogens is 396 g/mol. The van der Waals surface area contributed by atoms with Crippen LogP contribution in [-0.4, -0.2) is 51.9 Å². The second kappa shape index (κ2) is 7.87. The van der Waals surface area contributed by atoms with Crippen molar-refractivity contribution in [3.63, 3.8) is 0 Å². The Hall–Kier alpha value is -1.87. The molecule has 0 spiro atoms. The Labute approximate surface area is 169 Å². The second-order valence-corrected chi connectivity index (χ2v) is 11.1. The molecule has 1 aromatic heterocycles. The number of carbonyl (C=O) groups excluding carboxylic acids is 1. The number of thioether (sulfide) groups is 1. The van der Waals surface area contributed by atoms with Crippen molar-refractivity contribution in [1.82, 2.24) is 20.1 Å². The van der Waals surface area contributed by atoms with E-state index in [9.17, 15) is 13.2 Å². The summed E-state index contributed by atoms with van der Waals surface area (Å²) in [6, 6.07) is 9.86. The van der Waals surface area contributed by atoms with E-state index in [2.05, 4.69) is 32.2 Å². The number of aromatic nitrogens is 3. The van der Waals surface area contributed by atoms with Crippen LogP contribution in [0, 0.1) is 0 Å². The Morgan fingerprint density at radius 1 is 1.25 bits per heavy atom. The fraction of sp³-hybridized carbons (Fsp3) is 0.526. The van der Waals surface area contributed by atoms with Crippen LogP contribution in [0.5, 0.6) is 0 Å². The Morgan fingerprint density at radius 3 is 2.64 bits per heavy atom. The quantitative estimate of drug-likeness (QED) is 0.689. The number of hydrogen-bond acceptors (Lipinski definition) is 6. The molecular formula is C19H24N4O3S2. The van der Waals surface area contributed by atoms with Gasteiger partial charge in [0, 0.05) is 12.0 Å². The maximum Gasteiger partial charge on any atom is 0.233 e. The first-order valence-electron chi connectivity index (χ1n) is 9.56. The Balaban J connectivity index is 1.45. The van der Waals surface area contributed by atoms with Gasteiger partial charge in [-0.05, 0) is 31.7 Å². The van der Waals surface area contributed by atoms with Gasteiger partial charge in [-0.3, -0.25) is 4.79 Å². The van der Waals surface area contributed by atoms with Crippen LogP contribution in [0.4, 0.5) is 0 Å². The number of nitrogens with zero attached hydrogens (tertiary/aromatic N) is 3. The molecule has 1 amide bonds. The van der Waals surface area contributed by atoms with Gasteiger partial charge in [-0.1, -0.05) is 42.1 Å². The minimum Gasteiger partial charge on any atom is -0.351 e. The van der Waals surface area contributed by atoms with E-state index in [0.717, 1.165) is 23.8 Å². The molecule has 2 fully saturated rings. The predicted octanol–water partition coefficient (Wildman–Crippen LogP) is 1.99. The smallest absolute Gasteiger partial charge is 0.233 e. The Kier molecular flexibility index (Phi) is 5.46. The van der Waals surface area contributed by atoms with Gasteiger partial charge in [-0.2, -0.15) is 0 Å². The van der Waals surface area contributed by atoms with Crippen LogP contribution in [0.3, 0.4) is 0 Å². The average Bonchev–Trinajstić information content (AvgIpc) is 3.35. The highest BCUT2D eigenvalue weighted by Gasteiger charge is 2.33. The first-order chi connectivity index (χ1) is 13.4. The number of carbonyl (C=O) groups is 1. The van der Waals surface area contributed by atoms with Gasteiger partial charge in [0.05, 0.1) is 23.3 Å². The van der Waals surface area contributed by atoms with Crippen molar-refractivity contribution in [1.29, 1.82) is 0 Å². The SMILES string of the molecule is C[C@@H](Sc1nnc(C2CC2)n1Cc1ccccc1)C(=O)N[C@H]1CCS(=O)(=O)C1. The van der Waals surface area contributed by atoms with Crippen LogP contribution >= 0.6 is 11.8 Å². The minimum absolute atomic E-state index is 0.0339. The minimum atomic E-state index is -3.01. The molecule has 9 heteroatoms. The van der Waals surface area contributed by atoms with Crippen LogP contribution in [0.2, 0.25) is 0 Å². The third kappa shape index (κ3) is 4.57. The summed E-state index contributed by atoms with van der Waals surface area (Å²) in [4.78, 5) is 12.6. The topological polar surface area (TPSA) is 93.9 Å². The van der Waals surface area contributed by atoms with Gasteiger partial charge in [0.1, 0.15) is 5.82 Å². The van der Waals surface area contributed by atoms with E-state index in [-0.39, 0.29) is 28.7 Å². The highest BCUT2D eigenvalue weighted by molar-refractivity contribution is 8.00. The first kappa shape index (κ1) is 19.4. The molecule has 7 nitrogen and oxygen atoms in total. The Morgan fingerprint density at radius 2 is 2.00 bits per heavy atom. The maximum atomic E-state index is 12.6. The zero-order valence-electron chi connectivity index (χ0n) is 15.7. The lowest BCUT2D eigenvalue weighted by atomic mass is 10.2. The van der Waals surface area contributed by atoms with Gasteiger partial charge < -0.3 is 9.88 Å². The lowest BCUT2D eigenvalue weighted by Gasteiger charge is -2.16. The number of rotatable bonds is 7. The van der Waals surface area contributed by atoms with E-state index in [1.807, 2.05) is 25.1 Å². The number of benzene rings is 1. The van der Waals surface area contributed by atoms with E-state index in [4.69, 9.17) is 0 Å². The molecule has 0 radical (unpaired) electrons. The van der Waals surface area contributed by atoms with Crippen LogP contribution in [-0.2, 0) is 21.2 Å². The van der Waals surface area contributed by atoms with Crippen molar-refractivity contribution in [2.45, 2.75) is 55.1 Å². The number of nitrogens with one attached hydrogen (secondary N) is 1. The highest BCUT2D eigenvalue weighted by atomic mass is 32.2. The van der Waals surface area contributed by atoms with Gasteiger partial charge in [0.25, 0.3) is 0 Å². The number of hydrogen-bond donors (Lipinski definition) is 1. The zero-order valence-corrected chi connectivity index (χ0v) is 17.4. The highest BCUT2D eigenvalue weighted by Crippen LogP contribution is 2.40. The van der Waals surface area contributed by atoms with Crippen molar-refractivity contribution >= 4 is 27.5 Å². The number of amides is 1. The van der Waals surface area contributed by atoms with E-state index in [1.54, 1.807) is 0 Å². The molecule has 1 N–H and O–H groups in total. The standard InChI is InChI=1S/C19H24N4O3S2/c1-13(18(24)20-16-9-10-28(25,26)12-16)27-19-22-21-17(15-7-8-15)23(19)11-14-5-3-2-4-6-14/h2-6,13,15-16H,7-12H2,1H3,(H,20,24)/t13-,16+/m1/s1. The lowest BCUT2D eigenvalue weighted by molar-refractivity contribution is -0.120. The van der Waals surface area contributed by atoms with Crippen molar-refractivity contribution in [3.05, 3.63) is 41.7 Å². The van der Waals surface area contributed by atoms with Crippen LogP contribution < -0.4 is 5.32 Å². The largest absolute Gasteiger partial charge is 0.351 e. The Bertz CT molecular complexity index is 955. The monoisotopic (exact) mass is 420 g/mol. The second-order valence-electron chi connectivity index (χ2n) is 7.56. The molecule has 1 saturated carbocycles. The maximum absolute atomic E-state index is 12.6. The summed E-state index contributed by atoms with van der Waals surface area (Å²) in [5.74, 6) is 1.47. The van der Waals surface area contributed by atoms with Crippen LogP contribution in [0.25, 0.3) is 0 Å². The van der Waals surface area contributed by atoms with Gasteiger partial charge in [-0.15, -0.1) is 10.2 Å². The molecule has 150 valence electrons. The van der Waals surface area contributed by atoms with Crippen molar-refractivity contribution < 1.29 is 13.2 Å². The molecule has 1 aliphatic heterocycles. The summed E-state index contributed by atoms with van der Waals surface area (Å²) < 4.78 is 25.3. The van der Waals surface area contributed by atoms with E-state index < -0.39 is 9.84 Å². The first-order valence-corrected chi connectivity index (χ1v) is 12.3. The molecule has 1 aliphatic carbocycles. The van der Waals surface area contributed by atoms with Gasteiger partial charge in [-0.25, -0.2) is 8.42 Å². The van der Waals surface area contributed by atoms with Gasteiger partial charge in [0.15, 0.2) is 15.0 Å². The molecule has 28 heavy (non-hydrogen) atoms.